The second-order valence-corrected chi connectivity index (χ2v) is 3.29. The molecule has 0 saturated heterocycles. The van der Waals surface area contributed by atoms with Crippen molar-refractivity contribution >= 4 is 22.6 Å². The van der Waals surface area contributed by atoms with E-state index < -0.39 is 11.7 Å². The highest BCUT2D eigenvalue weighted by Gasteiger charge is 2.31. The Morgan fingerprint density at radius 3 is 2.60 bits per heavy atom. The molecular formula is C9H4ClF3N2. The van der Waals surface area contributed by atoms with Crippen LogP contribution >= 0.6 is 11.6 Å². The maximum Gasteiger partial charge on any atom is 0.417 e. The number of nitrogens with zero attached hydrogens (tertiary/aromatic N) is 2. The first-order valence-corrected chi connectivity index (χ1v) is 4.34. The minimum Gasteiger partial charge on any atom is -0.254 e. The predicted molar refractivity (Wildman–Crippen MR) is 49.6 cm³/mol. The Labute approximate surface area is 87.7 Å². The van der Waals surface area contributed by atoms with Crippen molar-refractivity contribution in [1.29, 1.82) is 0 Å². The first kappa shape index (κ1) is 10.2. The number of halogens is 4. The van der Waals surface area contributed by atoms with Crippen molar-refractivity contribution in [2.75, 3.05) is 0 Å². The lowest BCUT2D eigenvalue weighted by Crippen LogP contribution is -2.05. The van der Waals surface area contributed by atoms with Crippen molar-refractivity contribution in [1.82, 2.24) is 9.97 Å². The van der Waals surface area contributed by atoms with E-state index in [2.05, 4.69) is 9.97 Å². The van der Waals surface area contributed by atoms with Crippen LogP contribution in [0.4, 0.5) is 13.2 Å². The molecule has 2 nitrogen and oxygen atoms in total. The smallest absolute Gasteiger partial charge is 0.254 e. The standard InChI is InChI=1S/C9H4ClF3N2/c10-6-1-2-14-7-3-5(9(11,12)13)4-15-8(6)7/h1-4H. The molecule has 0 aromatic carbocycles. The Kier molecular flexibility index (Phi) is 2.26. The summed E-state index contributed by atoms with van der Waals surface area (Å²) < 4.78 is 36.9. The van der Waals surface area contributed by atoms with Gasteiger partial charge in [-0.2, -0.15) is 13.2 Å². The minimum absolute atomic E-state index is 0.136. The van der Waals surface area contributed by atoms with Gasteiger partial charge in [-0.1, -0.05) is 11.6 Å². The SMILES string of the molecule is FC(F)(F)c1cnc2c(Cl)ccnc2c1. The van der Waals surface area contributed by atoms with E-state index in [1.807, 2.05) is 0 Å². The Hall–Kier alpha value is -1.36. The van der Waals surface area contributed by atoms with Crippen LogP contribution < -0.4 is 0 Å². The molecule has 15 heavy (non-hydrogen) atoms. The lowest BCUT2D eigenvalue weighted by Gasteiger charge is -2.06. The molecule has 0 aliphatic rings. The molecule has 2 rings (SSSR count). The first-order chi connectivity index (χ1) is 6.98. The number of pyridine rings is 2. The third-order valence-corrected chi connectivity index (χ3v) is 2.16. The summed E-state index contributed by atoms with van der Waals surface area (Å²) in [6.07, 6.45) is -2.33. The molecule has 0 atom stereocenters. The minimum atomic E-state index is -4.41. The number of alkyl halides is 3. The Morgan fingerprint density at radius 2 is 1.93 bits per heavy atom. The van der Waals surface area contributed by atoms with Gasteiger partial charge in [0.1, 0.15) is 5.52 Å². The van der Waals surface area contributed by atoms with Gasteiger partial charge in [0.15, 0.2) is 0 Å². The second-order valence-electron chi connectivity index (χ2n) is 2.88. The van der Waals surface area contributed by atoms with E-state index in [4.69, 9.17) is 11.6 Å². The van der Waals surface area contributed by atoms with Crippen LogP contribution in [0.25, 0.3) is 11.0 Å². The summed E-state index contributed by atoms with van der Waals surface area (Å²) in [5, 5.41) is 0.286. The summed E-state index contributed by atoms with van der Waals surface area (Å²) in [7, 11) is 0. The lowest BCUT2D eigenvalue weighted by molar-refractivity contribution is -0.137. The van der Waals surface area contributed by atoms with E-state index in [9.17, 15) is 13.2 Å². The molecule has 0 fully saturated rings. The predicted octanol–water partition coefficient (Wildman–Crippen LogP) is 3.30. The Bertz CT molecular complexity index is 510. The van der Waals surface area contributed by atoms with Crippen LogP contribution in [-0.2, 0) is 6.18 Å². The van der Waals surface area contributed by atoms with Crippen molar-refractivity contribution in [2.45, 2.75) is 6.18 Å². The number of hydrogen-bond acceptors (Lipinski definition) is 2. The van der Waals surface area contributed by atoms with E-state index in [0.29, 0.717) is 0 Å². The molecular weight excluding hydrogens is 229 g/mol. The normalized spacial score (nSPS) is 12.0. The van der Waals surface area contributed by atoms with Crippen molar-refractivity contribution in [3.8, 4) is 0 Å². The molecule has 0 bridgehead atoms. The van der Waals surface area contributed by atoms with Crippen LogP contribution in [0.5, 0.6) is 0 Å². The van der Waals surface area contributed by atoms with Crippen LogP contribution in [0, 0.1) is 0 Å². The van der Waals surface area contributed by atoms with Gasteiger partial charge in [-0.15, -0.1) is 0 Å². The van der Waals surface area contributed by atoms with Crippen molar-refractivity contribution < 1.29 is 13.2 Å². The highest BCUT2D eigenvalue weighted by atomic mass is 35.5. The topological polar surface area (TPSA) is 25.8 Å². The zero-order chi connectivity index (χ0) is 11.1. The van der Waals surface area contributed by atoms with Gasteiger partial charge in [-0.05, 0) is 12.1 Å². The summed E-state index contributed by atoms with van der Waals surface area (Å²) in [6, 6.07) is 2.40. The molecule has 0 aliphatic heterocycles. The molecule has 2 aromatic rings. The third kappa shape index (κ3) is 1.87. The third-order valence-electron chi connectivity index (χ3n) is 1.86. The van der Waals surface area contributed by atoms with E-state index in [1.54, 1.807) is 0 Å². The average Bonchev–Trinajstić information content (AvgIpc) is 2.16. The Morgan fingerprint density at radius 1 is 1.20 bits per heavy atom. The fourth-order valence-electron chi connectivity index (χ4n) is 1.15. The van der Waals surface area contributed by atoms with Crippen LogP contribution in [0.1, 0.15) is 5.56 Å². The van der Waals surface area contributed by atoms with E-state index in [-0.39, 0.29) is 16.1 Å². The van der Waals surface area contributed by atoms with Gasteiger partial charge in [0.25, 0.3) is 0 Å². The van der Waals surface area contributed by atoms with Gasteiger partial charge in [0.05, 0.1) is 16.1 Å². The summed E-state index contributed by atoms with van der Waals surface area (Å²) >= 11 is 5.74. The molecule has 0 radical (unpaired) electrons. The van der Waals surface area contributed by atoms with Crippen LogP contribution in [0.15, 0.2) is 24.5 Å². The quantitative estimate of drug-likeness (QED) is 0.696. The molecule has 0 N–H and O–H groups in total. The molecule has 0 aliphatic carbocycles. The van der Waals surface area contributed by atoms with Crippen LogP contribution in [-0.4, -0.2) is 9.97 Å². The zero-order valence-electron chi connectivity index (χ0n) is 7.22. The highest BCUT2D eigenvalue weighted by molar-refractivity contribution is 6.34. The maximum atomic E-state index is 12.3. The zero-order valence-corrected chi connectivity index (χ0v) is 7.97. The van der Waals surface area contributed by atoms with Crippen molar-refractivity contribution in [3.63, 3.8) is 0 Å². The molecule has 0 saturated carbocycles. The molecule has 2 aromatic heterocycles. The van der Waals surface area contributed by atoms with Gasteiger partial charge in [0, 0.05) is 12.4 Å². The highest BCUT2D eigenvalue weighted by Crippen LogP contribution is 2.30. The first-order valence-electron chi connectivity index (χ1n) is 3.96. The fourth-order valence-corrected chi connectivity index (χ4v) is 1.35. The van der Waals surface area contributed by atoms with Crippen molar-refractivity contribution in [2.24, 2.45) is 0 Å². The lowest BCUT2D eigenvalue weighted by atomic mass is 10.2. The van der Waals surface area contributed by atoms with Gasteiger partial charge < -0.3 is 0 Å². The van der Waals surface area contributed by atoms with Gasteiger partial charge in [-0.3, -0.25) is 9.97 Å². The van der Waals surface area contributed by atoms with E-state index in [1.165, 1.54) is 12.3 Å². The molecule has 2 heterocycles. The molecule has 0 amide bonds. The fraction of sp³-hybridized carbons (Fsp3) is 0.111. The van der Waals surface area contributed by atoms with Gasteiger partial charge in [-0.25, -0.2) is 0 Å². The second kappa shape index (κ2) is 3.34. The summed E-state index contributed by atoms with van der Waals surface area (Å²) in [5.41, 5.74) is -0.422. The summed E-state index contributed by atoms with van der Waals surface area (Å²) in [5.74, 6) is 0. The van der Waals surface area contributed by atoms with E-state index >= 15 is 0 Å². The maximum absolute atomic E-state index is 12.3. The molecule has 78 valence electrons. The van der Waals surface area contributed by atoms with Gasteiger partial charge >= 0.3 is 6.18 Å². The molecule has 0 spiro atoms. The monoisotopic (exact) mass is 232 g/mol. The van der Waals surface area contributed by atoms with Crippen LogP contribution in [0.2, 0.25) is 5.02 Å². The van der Waals surface area contributed by atoms with Crippen LogP contribution in [0.3, 0.4) is 0 Å². The number of rotatable bonds is 0. The summed E-state index contributed by atoms with van der Waals surface area (Å²) in [6.45, 7) is 0. The summed E-state index contributed by atoms with van der Waals surface area (Å²) in [4.78, 5) is 7.40. The molecule has 6 heteroatoms. The van der Waals surface area contributed by atoms with Gasteiger partial charge in [0.2, 0.25) is 0 Å². The average molecular weight is 233 g/mol. The molecule has 0 unspecified atom stereocenters. The van der Waals surface area contributed by atoms with Crippen molar-refractivity contribution in [3.05, 3.63) is 35.1 Å². The number of aromatic nitrogens is 2. The number of hydrogen-bond donors (Lipinski definition) is 0. The largest absolute Gasteiger partial charge is 0.417 e. The Balaban J connectivity index is 2.68. The van der Waals surface area contributed by atoms with E-state index in [0.717, 1.165) is 12.3 Å². The number of fused-ring (bicyclic) bond motifs is 1.